The highest BCUT2D eigenvalue weighted by Gasteiger charge is 2.26. The number of carbonyl (C=O) groups excluding carboxylic acids is 1. The van der Waals surface area contributed by atoms with Crippen molar-refractivity contribution >= 4 is 23.5 Å². The summed E-state index contributed by atoms with van der Waals surface area (Å²) in [6.45, 7) is 4.94. The van der Waals surface area contributed by atoms with Crippen LogP contribution in [0.1, 0.15) is 54.8 Å². The molecule has 8 heteroatoms. The Hall–Kier alpha value is -2.35. The van der Waals surface area contributed by atoms with Gasteiger partial charge < -0.3 is 9.74 Å². The summed E-state index contributed by atoms with van der Waals surface area (Å²) in [5.41, 5.74) is 0.966. The maximum absolute atomic E-state index is 13.9. The number of halogens is 2. The summed E-state index contributed by atoms with van der Waals surface area (Å²) in [7, 11) is 0. The molecular weight excluding hydrogens is 396 g/mol. The second-order valence-corrected chi connectivity index (χ2v) is 8.10. The van der Waals surface area contributed by atoms with Gasteiger partial charge in [0.25, 0.3) is 5.91 Å². The molecule has 2 heterocycles. The third-order valence-corrected chi connectivity index (χ3v) is 6.21. The lowest BCUT2D eigenvalue weighted by atomic mass is 9.96. The molecular formula is C21H25F2N3O2S. The molecule has 156 valence electrons. The summed E-state index contributed by atoms with van der Waals surface area (Å²) in [5, 5.41) is 6.61. The van der Waals surface area contributed by atoms with Crippen LogP contribution in [0.2, 0.25) is 0 Å². The van der Waals surface area contributed by atoms with Crippen molar-refractivity contribution < 1.29 is 18.4 Å². The first-order valence-electron chi connectivity index (χ1n) is 9.75. The van der Waals surface area contributed by atoms with Gasteiger partial charge in [0.2, 0.25) is 0 Å². The van der Waals surface area contributed by atoms with Gasteiger partial charge in [-0.15, -0.1) is 11.3 Å². The number of nitrogens with zero attached hydrogens (tertiary/aromatic N) is 3. The minimum Gasteiger partial charge on any atom is -0.386 e. The zero-order chi connectivity index (χ0) is 20.8. The van der Waals surface area contributed by atoms with E-state index in [0.717, 1.165) is 23.5 Å². The molecule has 1 aromatic carbocycles. The van der Waals surface area contributed by atoms with E-state index in [-0.39, 0.29) is 30.4 Å². The van der Waals surface area contributed by atoms with Crippen LogP contribution in [-0.2, 0) is 16.1 Å². The second kappa shape index (κ2) is 9.91. The number of likely N-dealkylation sites (tertiary alicyclic amines) is 1. The SMILES string of the molecule is C/C=N/OCC(=O)N1CCC(c2nc(C(C)Cc3c(F)cccc3F)cs2)CC1. The van der Waals surface area contributed by atoms with Gasteiger partial charge in [-0.3, -0.25) is 4.79 Å². The Kier molecular flexibility index (Phi) is 7.30. The Morgan fingerprint density at radius 3 is 2.72 bits per heavy atom. The molecule has 0 saturated carbocycles. The minimum absolute atomic E-state index is 0.0411. The molecule has 0 aliphatic carbocycles. The first kappa shape index (κ1) is 21.4. The molecule has 29 heavy (non-hydrogen) atoms. The molecule has 0 radical (unpaired) electrons. The standard InChI is InChI=1S/C21H25F2N3O2S/c1-3-24-28-12-20(27)26-9-7-15(8-10-26)21-25-19(13-29-21)14(2)11-16-17(22)5-4-6-18(16)23/h3-6,13-15H,7-12H2,1-2H3/b24-3+. The molecule has 1 fully saturated rings. The number of thiazole rings is 1. The van der Waals surface area contributed by atoms with Crippen molar-refractivity contribution in [1.29, 1.82) is 0 Å². The highest BCUT2D eigenvalue weighted by Crippen LogP contribution is 2.33. The van der Waals surface area contributed by atoms with Crippen LogP contribution in [0.15, 0.2) is 28.7 Å². The number of carbonyl (C=O) groups is 1. The Bertz CT molecular complexity index is 843. The fraction of sp³-hybridized carbons (Fsp3) is 0.476. The monoisotopic (exact) mass is 421 g/mol. The molecule has 1 aromatic heterocycles. The third kappa shape index (κ3) is 5.38. The van der Waals surface area contributed by atoms with Gasteiger partial charge in [-0.25, -0.2) is 13.8 Å². The van der Waals surface area contributed by atoms with Gasteiger partial charge in [-0.1, -0.05) is 18.1 Å². The highest BCUT2D eigenvalue weighted by atomic mass is 32.1. The Morgan fingerprint density at radius 2 is 2.07 bits per heavy atom. The number of oxime groups is 1. The van der Waals surface area contributed by atoms with E-state index >= 15 is 0 Å². The summed E-state index contributed by atoms with van der Waals surface area (Å²) >= 11 is 1.58. The number of rotatable bonds is 7. The second-order valence-electron chi connectivity index (χ2n) is 7.21. The van der Waals surface area contributed by atoms with Crippen molar-refractivity contribution in [1.82, 2.24) is 9.88 Å². The molecule has 1 saturated heterocycles. The quantitative estimate of drug-likeness (QED) is 0.489. The average Bonchev–Trinajstić information content (AvgIpc) is 3.21. The molecule has 1 atom stereocenters. The molecule has 0 bridgehead atoms. The number of piperidine rings is 1. The van der Waals surface area contributed by atoms with Crippen LogP contribution in [0.5, 0.6) is 0 Å². The van der Waals surface area contributed by atoms with Gasteiger partial charge in [0.05, 0.1) is 10.7 Å². The molecule has 1 aliphatic rings. The minimum atomic E-state index is -0.516. The molecule has 3 rings (SSSR count). The predicted molar refractivity (Wildman–Crippen MR) is 109 cm³/mol. The van der Waals surface area contributed by atoms with Crippen LogP contribution in [0, 0.1) is 11.6 Å². The smallest absolute Gasteiger partial charge is 0.263 e. The van der Waals surface area contributed by atoms with Gasteiger partial charge >= 0.3 is 0 Å². The van der Waals surface area contributed by atoms with E-state index in [1.165, 1.54) is 24.4 Å². The van der Waals surface area contributed by atoms with E-state index in [1.54, 1.807) is 23.2 Å². The largest absolute Gasteiger partial charge is 0.386 e. The Balaban J connectivity index is 1.56. The van der Waals surface area contributed by atoms with Crippen LogP contribution >= 0.6 is 11.3 Å². The third-order valence-electron chi connectivity index (χ3n) is 5.18. The summed E-state index contributed by atoms with van der Waals surface area (Å²) < 4.78 is 27.8. The predicted octanol–water partition coefficient (Wildman–Crippen LogP) is 4.50. The van der Waals surface area contributed by atoms with E-state index < -0.39 is 11.6 Å². The number of hydrogen-bond acceptors (Lipinski definition) is 5. The van der Waals surface area contributed by atoms with Gasteiger partial charge in [-0.05, 0) is 38.3 Å². The normalized spacial score (nSPS) is 16.3. The van der Waals surface area contributed by atoms with Crippen molar-refractivity contribution in [3.8, 4) is 0 Å². The number of aromatic nitrogens is 1. The fourth-order valence-corrected chi connectivity index (χ4v) is 4.60. The lowest BCUT2D eigenvalue weighted by Crippen LogP contribution is -2.39. The molecule has 0 N–H and O–H groups in total. The molecule has 1 aliphatic heterocycles. The van der Waals surface area contributed by atoms with Crippen LogP contribution in [0.4, 0.5) is 8.78 Å². The van der Waals surface area contributed by atoms with Crippen molar-refractivity contribution in [2.45, 2.75) is 44.9 Å². The van der Waals surface area contributed by atoms with E-state index in [9.17, 15) is 13.6 Å². The van der Waals surface area contributed by atoms with Crippen LogP contribution in [0.3, 0.4) is 0 Å². The average molecular weight is 422 g/mol. The van der Waals surface area contributed by atoms with Crippen LogP contribution in [0.25, 0.3) is 0 Å². The van der Waals surface area contributed by atoms with Crippen molar-refractivity contribution in [2.75, 3.05) is 19.7 Å². The molecule has 1 amide bonds. The zero-order valence-electron chi connectivity index (χ0n) is 16.6. The van der Waals surface area contributed by atoms with E-state index in [4.69, 9.17) is 9.82 Å². The van der Waals surface area contributed by atoms with Gasteiger partial charge in [0.1, 0.15) is 11.6 Å². The van der Waals surface area contributed by atoms with Gasteiger partial charge in [0.15, 0.2) is 6.61 Å². The van der Waals surface area contributed by atoms with Crippen molar-refractivity contribution in [3.63, 3.8) is 0 Å². The Morgan fingerprint density at radius 1 is 1.38 bits per heavy atom. The first-order valence-corrected chi connectivity index (χ1v) is 10.6. The van der Waals surface area contributed by atoms with Crippen LogP contribution < -0.4 is 0 Å². The topological polar surface area (TPSA) is 54.8 Å². The molecule has 0 spiro atoms. The maximum Gasteiger partial charge on any atom is 0.263 e. The summed E-state index contributed by atoms with van der Waals surface area (Å²) in [5.74, 6) is -0.876. The van der Waals surface area contributed by atoms with Crippen molar-refractivity contribution in [2.24, 2.45) is 5.16 Å². The van der Waals surface area contributed by atoms with E-state index in [2.05, 4.69) is 5.16 Å². The number of benzene rings is 1. The molecule has 5 nitrogen and oxygen atoms in total. The number of hydrogen-bond donors (Lipinski definition) is 0. The lowest BCUT2D eigenvalue weighted by molar-refractivity contribution is -0.137. The van der Waals surface area contributed by atoms with Gasteiger partial charge in [-0.2, -0.15) is 0 Å². The summed E-state index contributed by atoms with van der Waals surface area (Å²) in [4.78, 5) is 23.5. The lowest BCUT2D eigenvalue weighted by Gasteiger charge is -2.30. The van der Waals surface area contributed by atoms with E-state index in [1.807, 2.05) is 12.3 Å². The number of amides is 1. The van der Waals surface area contributed by atoms with E-state index in [0.29, 0.717) is 19.0 Å². The summed E-state index contributed by atoms with van der Waals surface area (Å²) in [6.07, 6.45) is 3.45. The molecule has 1 unspecified atom stereocenters. The van der Waals surface area contributed by atoms with Crippen molar-refractivity contribution in [3.05, 3.63) is 51.5 Å². The first-order chi connectivity index (χ1) is 14.0. The zero-order valence-corrected chi connectivity index (χ0v) is 17.4. The summed E-state index contributed by atoms with van der Waals surface area (Å²) in [6, 6.07) is 3.94. The highest BCUT2D eigenvalue weighted by molar-refractivity contribution is 7.09. The molecule has 2 aromatic rings. The van der Waals surface area contributed by atoms with Crippen LogP contribution in [-0.4, -0.2) is 41.7 Å². The van der Waals surface area contributed by atoms with Gasteiger partial charge in [0, 0.05) is 42.1 Å². The fourth-order valence-electron chi connectivity index (χ4n) is 3.49. The Labute approximate surface area is 173 Å². The maximum atomic E-state index is 13.9.